The number of aliphatic hydroxyl groups is 1. The van der Waals surface area contributed by atoms with Gasteiger partial charge in [0.15, 0.2) is 0 Å². The summed E-state index contributed by atoms with van der Waals surface area (Å²) in [6.07, 6.45) is 5.88. The molecule has 146 valence electrons. The predicted molar refractivity (Wildman–Crippen MR) is 109 cm³/mol. The fraction of sp³-hybridized carbons (Fsp3) is 0.739. The van der Waals surface area contributed by atoms with E-state index >= 15 is 0 Å². The van der Waals surface area contributed by atoms with Gasteiger partial charge in [-0.2, -0.15) is 0 Å². The quantitative estimate of drug-likeness (QED) is 0.776. The zero-order valence-corrected chi connectivity index (χ0v) is 16.9. The molecule has 26 heavy (non-hydrogen) atoms. The largest absolute Gasteiger partial charge is 0.389 e. The molecule has 1 aromatic rings. The standard InChI is InChI=1S/C23H37NO2/c1-17(2)20-11-10-18(3)21(13-20)15-26-16-22(25)14-24-12-6-8-19-7-4-5-9-23(19)24/h4-5,7,9,17-18,20-22,25H,6,8,10-16H2,1-3H3. The first-order valence-corrected chi connectivity index (χ1v) is 10.6. The number of hydrogen-bond acceptors (Lipinski definition) is 3. The van der Waals surface area contributed by atoms with Crippen molar-refractivity contribution in [2.45, 2.75) is 59.0 Å². The van der Waals surface area contributed by atoms with Crippen molar-refractivity contribution in [2.75, 3.05) is 31.2 Å². The van der Waals surface area contributed by atoms with Gasteiger partial charge in [0.05, 0.1) is 12.7 Å². The van der Waals surface area contributed by atoms with Gasteiger partial charge in [0.1, 0.15) is 0 Å². The molecule has 4 atom stereocenters. The lowest BCUT2D eigenvalue weighted by Crippen LogP contribution is -2.38. The highest BCUT2D eigenvalue weighted by Crippen LogP contribution is 2.37. The molecule has 1 aliphatic carbocycles. The van der Waals surface area contributed by atoms with Gasteiger partial charge in [-0.3, -0.25) is 0 Å². The molecular formula is C23H37NO2. The fourth-order valence-corrected chi connectivity index (χ4v) is 4.75. The molecule has 2 aliphatic rings. The van der Waals surface area contributed by atoms with E-state index in [1.165, 1.54) is 36.9 Å². The molecule has 0 amide bonds. The Bertz CT molecular complexity index is 559. The molecule has 0 aromatic heterocycles. The van der Waals surface area contributed by atoms with Crippen LogP contribution >= 0.6 is 0 Å². The van der Waals surface area contributed by atoms with Gasteiger partial charge in [-0.25, -0.2) is 0 Å². The van der Waals surface area contributed by atoms with Crippen molar-refractivity contribution in [3.63, 3.8) is 0 Å². The van der Waals surface area contributed by atoms with Crippen molar-refractivity contribution < 1.29 is 9.84 Å². The second-order valence-electron chi connectivity index (χ2n) is 8.92. The molecule has 0 bridgehead atoms. The van der Waals surface area contributed by atoms with E-state index in [0.29, 0.717) is 19.1 Å². The topological polar surface area (TPSA) is 32.7 Å². The first kappa shape index (κ1) is 19.7. The molecule has 1 heterocycles. The highest BCUT2D eigenvalue weighted by atomic mass is 16.5. The van der Waals surface area contributed by atoms with E-state index in [2.05, 4.69) is 49.9 Å². The van der Waals surface area contributed by atoms with Gasteiger partial charge in [-0.1, -0.05) is 45.4 Å². The fourth-order valence-electron chi connectivity index (χ4n) is 4.75. The Morgan fingerprint density at radius 1 is 1.23 bits per heavy atom. The molecule has 3 heteroatoms. The zero-order chi connectivity index (χ0) is 18.5. The second kappa shape index (κ2) is 9.23. The summed E-state index contributed by atoms with van der Waals surface area (Å²) in [5.41, 5.74) is 2.70. The molecule has 1 fully saturated rings. The smallest absolute Gasteiger partial charge is 0.0947 e. The Kier molecular flexibility index (Phi) is 6.99. The number of aliphatic hydroxyl groups excluding tert-OH is 1. The molecule has 1 aromatic carbocycles. The third-order valence-electron chi connectivity index (χ3n) is 6.63. The summed E-state index contributed by atoms with van der Waals surface area (Å²) in [5, 5.41) is 10.5. The van der Waals surface area contributed by atoms with Crippen molar-refractivity contribution in [2.24, 2.45) is 23.7 Å². The maximum absolute atomic E-state index is 10.5. The van der Waals surface area contributed by atoms with Crippen LogP contribution in [0.25, 0.3) is 0 Å². The lowest BCUT2D eigenvalue weighted by Gasteiger charge is -2.36. The van der Waals surface area contributed by atoms with E-state index in [0.717, 1.165) is 37.3 Å². The number of β-amino-alcohol motifs (C(OH)–C–C–N with tert-alkyl or cyclic N) is 1. The number of ether oxygens (including phenoxy) is 1. The minimum Gasteiger partial charge on any atom is -0.389 e. The van der Waals surface area contributed by atoms with E-state index in [4.69, 9.17) is 4.74 Å². The lowest BCUT2D eigenvalue weighted by atomic mass is 9.71. The van der Waals surface area contributed by atoms with Gasteiger partial charge in [0, 0.05) is 25.4 Å². The van der Waals surface area contributed by atoms with Crippen LogP contribution in [0.3, 0.4) is 0 Å². The first-order chi connectivity index (χ1) is 12.5. The highest BCUT2D eigenvalue weighted by molar-refractivity contribution is 5.55. The molecule has 1 aliphatic heterocycles. The Hall–Kier alpha value is -1.06. The number of hydrogen-bond donors (Lipinski definition) is 1. The number of fused-ring (bicyclic) bond motifs is 1. The molecule has 4 unspecified atom stereocenters. The number of rotatable bonds is 7. The molecule has 0 saturated heterocycles. The molecule has 1 N–H and O–H groups in total. The SMILES string of the molecule is CC(C)C1CCC(C)C(COCC(O)CN2CCCc3ccccc32)C1. The number of nitrogens with zero attached hydrogens (tertiary/aromatic N) is 1. The van der Waals surface area contributed by atoms with Crippen LogP contribution in [-0.2, 0) is 11.2 Å². The minimum atomic E-state index is -0.416. The maximum atomic E-state index is 10.5. The number of anilines is 1. The molecule has 0 radical (unpaired) electrons. The zero-order valence-electron chi connectivity index (χ0n) is 16.9. The summed E-state index contributed by atoms with van der Waals surface area (Å²) in [6.45, 7) is 10.0. The Morgan fingerprint density at radius 3 is 2.85 bits per heavy atom. The van der Waals surface area contributed by atoms with Gasteiger partial charge >= 0.3 is 0 Å². The van der Waals surface area contributed by atoms with Gasteiger partial charge in [-0.05, 0) is 61.0 Å². The molecular weight excluding hydrogens is 322 g/mol. The van der Waals surface area contributed by atoms with Gasteiger partial charge < -0.3 is 14.7 Å². The summed E-state index contributed by atoms with van der Waals surface area (Å²) < 4.78 is 5.99. The molecule has 3 rings (SSSR count). The third kappa shape index (κ3) is 5.01. The van der Waals surface area contributed by atoms with Gasteiger partial charge in [-0.15, -0.1) is 0 Å². The van der Waals surface area contributed by atoms with Crippen molar-refractivity contribution in [3.8, 4) is 0 Å². The summed E-state index contributed by atoms with van der Waals surface area (Å²) in [5.74, 6) is 3.01. The van der Waals surface area contributed by atoms with Crippen molar-refractivity contribution >= 4 is 5.69 Å². The van der Waals surface area contributed by atoms with E-state index in [1.807, 2.05) is 0 Å². The van der Waals surface area contributed by atoms with E-state index in [9.17, 15) is 5.11 Å². The highest BCUT2D eigenvalue weighted by Gasteiger charge is 2.29. The average Bonchev–Trinajstić information content (AvgIpc) is 2.63. The van der Waals surface area contributed by atoms with Crippen LogP contribution in [0.4, 0.5) is 5.69 Å². The third-order valence-corrected chi connectivity index (χ3v) is 6.63. The number of para-hydroxylation sites is 1. The lowest BCUT2D eigenvalue weighted by molar-refractivity contribution is -0.00115. The van der Waals surface area contributed by atoms with E-state index in [1.54, 1.807) is 0 Å². The van der Waals surface area contributed by atoms with Crippen molar-refractivity contribution in [1.82, 2.24) is 0 Å². The predicted octanol–water partition coefficient (Wildman–Crippen LogP) is 4.53. The van der Waals surface area contributed by atoms with Crippen LogP contribution in [0.1, 0.15) is 52.0 Å². The summed E-state index contributed by atoms with van der Waals surface area (Å²) in [4.78, 5) is 2.32. The minimum absolute atomic E-state index is 0.416. The average molecular weight is 360 g/mol. The number of benzene rings is 1. The van der Waals surface area contributed by atoms with Crippen molar-refractivity contribution in [3.05, 3.63) is 29.8 Å². The van der Waals surface area contributed by atoms with Crippen LogP contribution in [0.2, 0.25) is 0 Å². The van der Waals surface area contributed by atoms with Crippen LogP contribution < -0.4 is 4.90 Å². The molecule has 3 nitrogen and oxygen atoms in total. The monoisotopic (exact) mass is 359 g/mol. The maximum Gasteiger partial charge on any atom is 0.0947 e. The van der Waals surface area contributed by atoms with Crippen LogP contribution in [0.15, 0.2) is 24.3 Å². The number of aryl methyl sites for hydroxylation is 1. The normalized spacial score (nSPS) is 27.4. The first-order valence-electron chi connectivity index (χ1n) is 10.6. The van der Waals surface area contributed by atoms with E-state index < -0.39 is 6.10 Å². The summed E-state index contributed by atoms with van der Waals surface area (Å²) >= 11 is 0. The summed E-state index contributed by atoms with van der Waals surface area (Å²) in [6, 6.07) is 8.59. The van der Waals surface area contributed by atoms with Crippen molar-refractivity contribution in [1.29, 1.82) is 0 Å². The Labute approximate surface area is 159 Å². The molecule has 1 saturated carbocycles. The van der Waals surface area contributed by atoms with Crippen LogP contribution in [0.5, 0.6) is 0 Å². The molecule has 0 spiro atoms. The van der Waals surface area contributed by atoms with Gasteiger partial charge in [0.2, 0.25) is 0 Å². The second-order valence-corrected chi connectivity index (χ2v) is 8.92. The Morgan fingerprint density at radius 2 is 2.04 bits per heavy atom. The Balaban J connectivity index is 1.44. The van der Waals surface area contributed by atoms with Gasteiger partial charge in [0.25, 0.3) is 0 Å². The van der Waals surface area contributed by atoms with Crippen LogP contribution in [0, 0.1) is 23.7 Å². The van der Waals surface area contributed by atoms with E-state index in [-0.39, 0.29) is 0 Å². The summed E-state index contributed by atoms with van der Waals surface area (Å²) in [7, 11) is 0. The van der Waals surface area contributed by atoms with Crippen LogP contribution in [-0.4, -0.2) is 37.5 Å².